The Labute approximate surface area is 137 Å². The van der Waals surface area contributed by atoms with Crippen LogP contribution in [0.3, 0.4) is 0 Å². The summed E-state index contributed by atoms with van der Waals surface area (Å²) in [7, 11) is 0. The minimum absolute atomic E-state index is 0.361. The van der Waals surface area contributed by atoms with Crippen molar-refractivity contribution in [2.45, 2.75) is 12.5 Å². The second-order valence-corrected chi connectivity index (χ2v) is 5.66. The molecule has 2 aromatic carbocycles. The van der Waals surface area contributed by atoms with Crippen LogP contribution in [-0.4, -0.2) is 4.98 Å². The fraction of sp³-hybridized carbons (Fsp3) is 0.111. The molecule has 0 radical (unpaired) electrons. The predicted molar refractivity (Wildman–Crippen MR) is 86.7 cm³/mol. The lowest BCUT2D eigenvalue weighted by atomic mass is 9.94. The van der Waals surface area contributed by atoms with Gasteiger partial charge < -0.3 is 4.74 Å². The number of fused-ring (bicyclic) bond motifs is 1. The third-order valence-electron chi connectivity index (χ3n) is 3.57. The van der Waals surface area contributed by atoms with E-state index in [2.05, 4.69) is 11.1 Å². The van der Waals surface area contributed by atoms with E-state index >= 15 is 0 Å². The number of halogens is 2. The first kappa shape index (κ1) is 15.3. The molecule has 5 heteroatoms. The molecular formula is C18H12ClFN2O. The van der Waals surface area contributed by atoms with Crippen molar-refractivity contribution in [3.63, 3.8) is 0 Å². The van der Waals surface area contributed by atoms with Gasteiger partial charge in [-0.15, -0.1) is 0 Å². The molecule has 1 aromatic heterocycles. The van der Waals surface area contributed by atoms with Crippen LogP contribution in [0.25, 0.3) is 10.9 Å². The highest BCUT2D eigenvalue weighted by Crippen LogP contribution is 2.33. The molecule has 0 saturated carbocycles. The average molecular weight is 327 g/mol. The molecule has 0 N–H and O–H groups in total. The molecule has 1 heterocycles. The number of ether oxygens (including phenoxy) is 1. The van der Waals surface area contributed by atoms with Gasteiger partial charge in [0.25, 0.3) is 0 Å². The van der Waals surface area contributed by atoms with Gasteiger partial charge in [-0.2, -0.15) is 5.26 Å². The van der Waals surface area contributed by atoms with Crippen molar-refractivity contribution in [3.8, 4) is 11.8 Å². The first-order chi connectivity index (χ1) is 11.0. The normalized spacial score (nSPS) is 13.3. The maximum atomic E-state index is 13.0. The highest BCUT2D eigenvalue weighted by atomic mass is 35.5. The van der Waals surface area contributed by atoms with Crippen LogP contribution in [-0.2, 0) is 5.60 Å². The van der Waals surface area contributed by atoms with Crippen molar-refractivity contribution >= 4 is 22.5 Å². The summed E-state index contributed by atoms with van der Waals surface area (Å²) in [6.07, 6.45) is 1.61. The summed E-state index contributed by atoms with van der Waals surface area (Å²) in [5.41, 5.74) is 0.109. The van der Waals surface area contributed by atoms with Gasteiger partial charge in [0.05, 0.1) is 5.52 Å². The van der Waals surface area contributed by atoms with E-state index in [1.165, 1.54) is 24.3 Å². The molecule has 0 aliphatic heterocycles. The van der Waals surface area contributed by atoms with E-state index in [1.54, 1.807) is 31.3 Å². The Hall–Kier alpha value is -2.64. The van der Waals surface area contributed by atoms with Crippen LogP contribution in [0.2, 0.25) is 5.02 Å². The molecule has 0 spiro atoms. The third kappa shape index (κ3) is 2.96. The van der Waals surface area contributed by atoms with Gasteiger partial charge >= 0.3 is 0 Å². The number of hydrogen-bond donors (Lipinski definition) is 0. The largest absolute Gasteiger partial charge is 0.468 e. The van der Waals surface area contributed by atoms with Gasteiger partial charge in [-0.1, -0.05) is 17.7 Å². The van der Waals surface area contributed by atoms with Crippen LogP contribution >= 0.6 is 11.6 Å². The van der Waals surface area contributed by atoms with E-state index in [9.17, 15) is 9.65 Å². The maximum absolute atomic E-state index is 13.0. The van der Waals surface area contributed by atoms with Crippen LogP contribution in [0.1, 0.15) is 12.5 Å². The van der Waals surface area contributed by atoms with E-state index in [0.29, 0.717) is 21.9 Å². The van der Waals surface area contributed by atoms with Gasteiger partial charge in [-0.05, 0) is 49.4 Å². The zero-order valence-corrected chi connectivity index (χ0v) is 13.0. The minimum Gasteiger partial charge on any atom is -0.468 e. The van der Waals surface area contributed by atoms with Crippen LogP contribution < -0.4 is 4.74 Å². The van der Waals surface area contributed by atoms with E-state index in [1.807, 2.05) is 6.07 Å². The number of hydrogen-bond acceptors (Lipinski definition) is 3. The SMILES string of the molecule is CC(C#N)(Oc1ccc(F)cc1)c1ccnc2cc(Cl)ccc12. The molecule has 0 bridgehead atoms. The molecule has 23 heavy (non-hydrogen) atoms. The molecular weight excluding hydrogens is 315 g/mol. The number of benzene rings is 2. The number of aromatic nitrogens is 1. The molecule has 0 fully saturated rings. The highest BCUT2D eigenvalue weighted by molar-refractivity contribution is 6.31. The Kier molecular flexibility index (Phi) is 3.89. The van der Waals surface area contributed by atoms with Crippen LogP contribution in [0, 0.1) is 17.1 Å². The Morgan fingerprint density at radius 1 is 1.17 bits per heavy atom. The van der Waals surface area contributed by atoms with E-state index in [4.69, 9.17) is 16.3 Å². The molecule has 1 unspecified atom stereocenters. The molecule has 3 rings (SSSR count). The number of rotatable bonds is 3. The standard InChI is InChI=1S/C18H12ClFN2O/c1-18(11-21,23-14-5-3-13(20)4-6-14)16-8-9-22-17-10-12(19)2-7-15(16)17/h2-10H,1H3. The minimum atomic E-state index is -1.24. The topological polar surface area (TPSA) is 45.9 Å². The van der Waals surface area contributed by atoms with E-state index in [-0.39, 0.29) is 5.82 Å². The van der Waals surface area contributed by atoms with Crippen molar-refractivity contribution in [2.24, 2.45) is 0 Å². The first-order valence-corrected chi connectivity index (χ1v) is 7.30. The Balaban J connectivity index is 2.10. The first-order valence-electron chi connectivity index (χ1n) is 6.92. The van der Waals surface area contributed by atoms with E-state index in [0.717, 1.165) is 5.39 Å². The van der Waals surface area contributed by atoms with Gasteiger partial charge in [0, 0.05) is 22.2 Å². The average Bonchev–Trinajstić information content (AvgIpc) is 2.56. The summed E-state index contributed by atoms with van der Waals surface area (Å²) in [4.78, 5) is 4.27. The zero-order chi connectivity index (χ0) is 16.4. The third-order valence-corrected chi connectivity index (χ3v) is 3.80. The van der Waals surface area contributed by atoms with Crippen molar-refractivity contribution in [2.75, 3.05) is 0 Å². The Morgan fingerprint density at radius 2 is 1.91 bits per heavy atom. The molecule has 0 amide bonds. The van der Waals surface area contributed by atoms with Gasteiger partial charge in [0.15, 0.2) is 0 Å². The number of nitriles is 1. The highest BCUT2D eigenvalue weighted by Gasteiger charge is 2.31. The van der Waals surface area contributed by atoms with Gasteiger partial charge in [-0.25, -0.2) is 4.39 Å². The maximum Gasteiger partial charge on any atom is 0.217 e. The summed E-state index contributed by atoms with van der Waals surface area (Å²) in [6, 6.07) is 14.8. The quantitative estimate of drug-likeness (QED) is 0.691. The Morgan fingerprint density at radius 3 is 2.61 bits per heavy atom. The summed E-state index contributed by atoms with van der Waals surface area (Å²) < 4.78 is 18.9. The lowest BCUT2D eigenvalue weighted by Crippen LogP contribution is -2.27. The lowest BCUT2D eigenvalue weighted by Gasteiger charge is -2.25. The fourth-order valence-electron chi connectivity index (χ4n) is 2.41. The smallest absolute Gasteiger partial charge is 0.217 e. The summed E-state index contributed by atoms with van der Waals surface area (Å²) >= 11 is 5.99. The summed E-state index contributed by atoms with van der Waals surface area (Å²) in [5, 5.41) is 11.0. The monoisotopic (exact) mass is 326 g/mol. The number of nitrogens with zero attached hydrogens (tertiary/aromatic N) is 2. The summed E-state index contributed by atoms with van der Waals surface area (Å²) in [6.45, 7) is 1.67. The second-order valence-electron chi connectivity index (χ2n) is 5.22. The van der Waals surface area contributed by atoms with Crippen molar-refractivity contribution in [1.29, 1.82) is 5.26 Å². The lowest BCUT2D eigenvalue weighted by molar-refractivity contribution is 0.151. The van der Waals surface area contributed by atoms with Gasteiger partial charge in [0.1, 0.15) is 17.6 Å². The van der Waals surface area contributed by atoms with Crippen LogP contribution in [0.15, 0.2) is 54.7 Å². The molecule has 3 aromatic rings. The zero-order valence-electron chi connectivity index (χ0n) is 12.3. The van der Waals surface area contributed by atoms with Crippen molar-refractivity contribution in [1.82, 2.24) is 4.98 Å². The fourth-order valence-corrected chi connectivity index (χ4v) is 2.58. The van der Waals surface area contributed by atoms with Gasteiger partial charge in [-0.3, -0.25) is 4.98 Å². The van der Waals surface area contributed by atoms with Gasteiger partial charge in [0.2, 0.25) is 5.60 Å². The molecule has 0 saturated heterocycles. The van der Waals surface area contributed by atoms with Crippen LogP contribution in [0.4, 0.5) is 4.39 Å². The molecule has 3 nitrogen and oxygen atoms in total. The molecule has 0 aliphatic rings. The number of pyridine rings is 1. The Bertz CT molecular complexity index is 905. The van der Waals surface area contributed by atoms with Crippen molar-refractivity contribution in [3.05, 3.63) is 71.1 Å². The molecule has 0 aliphatic carbocycles. The van der Waals surface area contributed by atoms with E-state index < -0.39 is 5.60 Å². The van der Waals surface area contributed by atoms with Crippen molar-refractivity contribution < 1.29 is 9.13 Å². The molecule has 1 atom stereocenters. The molecule has 114 valence electrons. The summed E-state index contributed by atoms with van der Waals surface area (Å²) in [5.74, 6) is 0.0504. The second kappa shape index (κ2) is 5.86. The predicted octanol–water partition coefficient (Wildman–Crippen LogP) is 4.85. The van der Waals surface area contributed by atoms with Crippen LogP contribution in [0.5, 0.6) is 5.75 Å².